The minimum absolute atomic E-state index is 0.0957. The van der Waals surface area contributed by atoms with Gasteiger partial charge in [0.2, 0.25) is 0 Å². The van der Waals surface area contributed by atoms with Crippen LogP contribution in [0.4, 0.5) is 4.39 Å². The number of fused-ring (bicyclic) bond motifs is 1. The SMILES string of the molecule is O=c1[nH]c(CN(Cc2ccccc2F)C2CC2)nc2ccsc12. The van der Waals surface area contributed by atoms with Gasteiger partial charge in [-0.25, -0.2) is 9.37 Å². The Morgan fingerprint density at radius 2 is 2.09 bits per heavy atom. The molecular formula is C17H16FN3OS. The van der Waals surface area contributed by atoms with Gasteiger partial charge in [-0.05, 0) is 30.4 Å². The van der Waals surface area contributed by atoms with Crippen LogP contribution in [0.3, 0.4) is 0 Å². The van der Waals surface area contributed by atoms with E-state index in [1.165, 1.54) is 17.4 Å². The van der Waals surface area contributed by atoms with Crippen molar-refractivity contribution >= 4 is 21.6 Å². The molecule has 0 radical (unpaired) electrons. The summed E-state index contributed by atoms with van der Waals surface area (Å²) < 4.78 is 14.6. The normalized spacial score (nSPS) is 14.7. The summed E-state index contributed by atoms with van der Waals surface area (Å²) in [4.78, 5) is 21.7. The quantitative estimate of drug-likeness (QED) is 0.781. The molecule has 2 aromatic heterocycles. The lowest BCUT2D eigenvalue weighted by Crippen LogP contribution is -2.27. The zero-order valence-electron chi connectivity index (χ0n) is 12.5. The lowest BCUT2D eigenvalue weighted by atomic mass is 10.2. The maximum atomic E-state index is 13.9. The minimum Gasteiger partial charge on any atom is -0.308 e. The first-order valence-electron chi connectivity index (χ1n) is 7.64. The third-order valence-electron chi connectivity index (χ3n) is 4.11. The van der Waals surface area contributed by atoms with Crippen molar-refractivity contribution in [3.63, 3.8) is 0 Å². The molecule has 1 aliphatic carbocycles. The first-order valence-corrected chi connectivity index (χ1v) is 8.52. The summed E-state index contributed by atoms with van der Waals surface area (Å²) in [6.45, 7) is 1.06. The van der Waals surface area contributed by atoms with Crippen molar-refractivity contribution in [1.29, 1.82) is 0 Å². The number of hydrogen-bond acceptors (Lipinski definition) is 4. The third kappa shape index (κ3) is 3.04. The molecule has 3 aromatic rings. The van der Waals surface area contributed by atoms with Crippen LogP contribution < -0.4 is 5.56 Å². The highest BCUT2D eigenvalue weighted by Crippen LogP contribution is 2.30. The number of halogens is 1. The van der Waals surface area contributed by atoms with E-state index in [1.54, 1.807) is 6.07 Å². The van der Waals surface area contributed by atoms with Crippen LogP contribution in [0.5, 0.6) is 0 Å². The van der Waals surface area contributed by atoms with Crippen LogP contribution in [-0.4, -0.2) is 20.9 Å². The lowest BCUT2D eigenvalue weighted by Gasteiger charge is -2.21. The number of aromatic nitrogens is 2. The number of benzene rings is 1. The molecule has 4 nitrogen and oxygen atoms in total. The van der Waals surface area contributed by atoms with Gasteiger partial charge in [0.15, 0.2) is 0 Å². The smallest absolute Gasteiger partial charge is 0.268 e. The Balaban J connectivity index is 1.60. The van der Waals surface area contributed by atoms with Crippen molar-refractivity contribution in [3.8, 4) is 0 Å². The van der Waals surface area contributed by atoms with Gasteiger partial charge in [0.05, 0.1) is 12.1 Å². The molecule has 0 unspecified atom stereocenters. The zero-order valence-corrected chi connectivity index (χ0v) is 13.3. The molecule has 1 aromatic carbocycles. The summed E-state index contributed by atoms with van der Waals surface area (Å²) in [5, 5.41) is 1.87. The fraction of sp³-hybridized carbons (Fsp3) is 0.294. The first kappa shape index (κ1) is 14.5. The maximum Gasteiger partial charge on any atom is 0.268 e. The molecule has 23 heavy (non-hydrogen) atoms. The first-order chi connectivity index (χ1) is 11.2. The number of nitrogens with zero attached hydrogens (tertiary/aromatic N) is 2. The highest BCUT2D eigenvalue weighted by atomic mass is 32.1. The van der Waals surface area contributed by atoms with Crippen molar-refractivity contribution in [2.75, 3.05) is 0 Å². The van der Waals surface area contributed by atoms with E-state index >= 15 is 0 Å². The standard InChI is InChI=1S/C17H16FN3OS/c18-13-4-2-1-3-11(13)9-21(12-5-6-12)10-15-19-14-7-8-23-16(14)17(22)20-15/h1-4,7-8,12H,5-6,9-10H2,(H,19,20,22). The molecule has 0 bridgehead atoms. The molecule has 118 valence electrons. The number of aromatic amines is 1. The number of hydrogen-bond donors (Lipinski definition) is 1. The summed E-state index contributed by atoms with van der Waals surface area (Å²) in [7, 11) is 0. The number of rotatable bonds is 5. The molecule has 6 heteroatoms. The van der Waals surface area contributed by atoms with Gasteiger partial charge < -0.3 is 4.98 Å². The highest BCUT2D eigenvalue weighted by molar-refractivity contribution is 7.17. The second kappa shape index (κ2) is 5.86. The van der Waals surface area contributed by atoms with Crippen LogP contribution in [-0.2, 0) is 13.1 Å². The van der Waals surface area contributed by atoms with Crippen molar-refractivity contribution in [2.24, 2.45) is 0 Å². The van der Waals surface area contributed by atoms with Crippen molar-refractivity contribution in [1.82, 2.24) is 14.9 Å². The summed E-state index contributed by atoms with van der Waals surface area (Å²) in [6, 6.07) is 9.14. The molecule has 0 atom stereocenters. The van der Waals surface area contributed by atoms with E-state index in [2.05, 4.69) is 14.9 Å². The molecule has 4 rings (SSSR count). The van der Waals surface area contributed by atoms with Gasteiger partial charge >= 0.3 is 0 Å². The third-order valence-corrected chi connectivity index (χ3v) is 5.01. The molecule has 0 saturated heterocycles. The second-order valence-electron chi connectivity index (χ2n) is 5.88. The van der Waals surface area contributed by atoms with Crippen LogP contribution in [0.2, 0.25) is 0 Å². The summed E-state index contributed by atoms with van der Waals surface area (Å²) in [5.74, 6) is 0.456. The average Bonchev–Trinajstić information content (AvgIpc) is 3.27. The van der Waals surface area contributed by atoms with Crippen LogP contribution in [0.1, 0.15) is 24.2 Å². The Kier molecular flexibility index (Phi) is 3.71. The second-order valence-corrected chi connectivity index (χ2v) is 6.79. The van der Waals surface area contributed by atoms with Gasteiger partial charge in [0.25, 0.3) is 5.56 Å². The van der Waals surface area contributed by atoms with E-state index in [0.29, 0.717) is 35.2 Å². The van der Waals surface area contributed by atoms with Gasteiger partial charge in [0.1, 0.15) is 16.3 Å². The number of H-pyrrole nitrogens is 1. The Morgan fingerprint density at radius 3 is 2.87 bits per heavy atom. The van der Waals surface area contributed by atoms with Crippen LogP contribution in [0.25, 0.3) is 10.2 Å². The van der Waals surface area contributed by atoms with Crippen LogP contribution >= 0.6 is 11.3 Å². The fourth-order valence-corrected chi connectivity index (χ4v) is 3.51. The molecule has 1 saturated carbocycles. The van der Waals surface area contributed by atoms with Crippen molar-refractivity contribution in [2.45, 2.75) is 32.0 Å². The monoisotopic (exact) mass is 329 g/mol. The molecular weight excluding hydrogens is 313 g/mol. The van der Waals surface area contributed by atoms with E-state index in [0.717, 1.165) is 18.4 Å². The lowest BCUT2D eigenvalue weighted by molar-refractivity contribution is 0.236. The Morgan fingerprint density at radius 1 is 1.26 bits per heavy atom. The van der Waals surface area contributed by atoms with Gasteiger partial charge in [-0.3, -0.25) is 9.69 Å². The van der Waals surface area contributed by atoms with Crippen molar-refractivity contribution in [3.05, 3.63) is 63.3 Å². The van der Waals surface area contributed by atoms with Crippen molar-refractivity contribution < 1.29 is 4.39 Å². The topological polar surface area (TPSA) is 49.0 Å². The highest BCUT2D eigenvalue weighted by Gasteiger charge is 2.30. The largest absolute Gasteiger partial charge is 0.308 e. The van der Waals surface area contributed by atoms with Gasteiger partial charge in [0, 0.05) is 18.2 Å². The number of nitrogens with one attached hydrogen (secondary N) is 1. The minimum atomic E-state index is -0.187. The maximum absolute atomic E-state index is 13.9. The Labute approximate surface area is 136 Å². The van der Waals surface area contributed by atoms with Gasteiger partial charge in [-0.2, -0.15) is 0 Å². The van der Waals surface area contributed by atoms with E-state index < -0.39 is 0 Å². The van der Waals surface area contributed by atoms with E-state index in [4.69, 9.17) is 0 Å². The Bertz CT molecular complexity index is 900. The zero-order chi connectivity index (χ0) is 15.8. The molecule has 2 heterocycles. The van der Waals surface area contributed by atoms with Gasteiger partial charge in [-0.1, -0.05) is 18.2 Å². The Hall–Kier alpha value is -2.05. The predicted molar refractivity (Wildman–Crippen MR) is 88.9 cm³/mol. The van der Waals surface area contributed by atoms with Gasteiger partial charge in [-0.15, -0.1) is 11.3 Å². The average molecular weight is 329 g/mol. The molecule has 0 amide bonds. The van der Waals surface area contributed by atoms with E-state index in [1.807, 2.05) is 23.6 Å². The molecule has 1 N–H and O–H groups in total. The molecule has 1 fully saturated rings. The van der Waals surface area contributed by atoms with E-state index in [-0.39, 0.29) is 11.4 Å². The predicted octanol–water partition coefficient (Wildman–Crippen LogP) is 3.29. The number of thiophene rings is 1. The van der Waals surface area contributed by atoms with Crippen LogP contribution in [0.15, 0.2) is 40.5 Å². The molecule has 0 spiro atoms. The van der Waals surface area contributed by atoms with Crippen LogP contribution in [0, 0.1) is 5.82 Å². The summed E-state index contributed by atoms with van der Waals surface area (Å²) in [6.07, 6.45) is 2.22. The molecule has 1 aliphatic rings. The summed E-state index contributed by atoms with van der Waals surface area (Å²) >= 11 is 1.40. The fourth-order valence-electron chi connectivity index (χ4n) is 2.79. The summed E-state index contributed by atoms with van der Waals surface area (Å²) in [5.41, 5.74) is 1.32. The van der Waals surface area contributed by atoms with E-state index in [9.17, 15) is 9.18 Å². The molecule has 0 aliphatic heterocycles.